The van der Waals surface area contributed by atoms with Gasteiger partial charge in [0.15, 0.2) is 0 Å². The van der Waals surface area contributed by atoms with Gasteiger partial charge in [0, 0.05) is 44.6 Å². The number of pyridine rings is 1. The van der Waals surface area contributed by atoms with Crippen molar-refractivity contribution in [2.24, 2.45) is 11.8 Å². The zero-order valence-electron chi connectivity index (χ0n) is 10.5. The molecule has 3 unspecified atom stereocenters. The van der Waals surface area contributed by atoms with Crippen molar-refractivity contribution in [1.29, 1.82) is 0 Å². The van der Waals surface area contributed by atoms with E-state index in [1.54, 1.807) is 0 Å². The quantitative estimate of drug-likeness (QED) is 0.858. The van der Waals surface area contributed by atoms with Crippen LogP contribution in [0.4, 0.5) is 0 Å². The van der Waals surface area contributed by atoms with Gasteiger partial charge >= 0.3 is 0 Å². The second-order valence-electron chi connectivity index (χ2n) is 5.47. The van der Waals surface area contributed by atoms with Crippen molar-refractivity contribution in [3.05, 3.63) is 30.1 Å². The predicted octanol–water partition coefficient (Wildman–Crippen LogP) is 1.68. The highest BCUT2D eigenvalue weighted by atomic mass is 15.2. The summed E-state index contributed by atoms with van der Waals surface area (Å²) in [6.07, 6.45) is 5.29. The lowest BCUT2D eigenvalue weighted by Crippen LogP contribution is -2.46. The largest absolute Gasteiger partial charge is 0.314 e. The van der Waals surface area contributed by atoms with E-state index in [9.17, 15) is 0 Å². The molecule has 2 heterocycles. The molecular weight excluding hydrogens is 210 g/mol. The summed E-state index contributed by atoms with van der Waals surface area (Å²) in [5, 5.41) is 3.50. The zero-order valence-corrected chi connectivity index (χ0v) is 10.5. The average Bonchev–Trinajstić information content (AvgIpc) is 3.07. The van der Waals surface area contributed by atoms with Crippen molar-refractivity contribution in [1.82, 2.24) is 15.2 Å². The Hall–Kier alpha value is -0.930. The van der Waals surface area contributed by atoms with E-state index < -0.39 is 0 Å². The maximum atomic E-state index is 4.25. The lowest BCUT2D eigenvalue weighted by Gasteiger charge is -2.36. The summed E-state index contributed by atoms with van der Waals surface area (Å²) in [6.45, 7) is 6.99. The van der Waals surface area contributed by atoms with Crippen LogP contribution < -0.4 is 5.32 Å². The fourth-order valence-corrected chi connectivity index (χ4v) is 2.82. The highest BCUT2D eigenvalue weighted by molar-refractivity contribution is 5.15. The van der Waals surface area contributed by atoms with E-state index in [0.717, 1.165) is 24.9 Å². The number of hydrogen-bond acceptors (Lipinski definition) is 3. The van der Waals surface area contributed by atoms with Crippen molar-refractivity contribution in [3.8, 4) is 0 Å². The highest BCUT2D eigenvalue weighted by Crippen LogP contribution is 2.39. The minimum atomic E-state index is 0.519. The standard InChI is InChI=1S/C14H21N3/c1-11-7-13(11)10-17-6-5-16-9-14(17)12-3-2-4-15-8-12/h2-4,8,11,13-14,16H,5-7,9-10H2,1H3. The Morgan fingerprint density at radius 2 is 2.41 bits per heavy atom. The Morgan fingerprint density at radius 1 is 1.53 bits per heavy atom. The minimum absolute atomic E-state index is 0.519. The van der Waals surface area contributed by atoms with E-state index in [1.807, 2.05) is 18.5 Å². The number of piperazine rings is 1. The third kappa shape index (κ3) is 2.50. The van der Waals surface area contributed by atoms with Crippen LogP contribution in [-0.4, -0.2) is 36.1 Å². The molecule has 3 heteroatoms. The van der Waals surface area contributed by atoms with Crippen molar-refractivity contribution in [2.75, 3.05) is 26.2 Å². The molecule has 1 aliphatic heterocycles. The molecule has 3 rings (SSSR count). The second kappa shape index (κ2) is 4.75. The molecule has 0 bridgehead atoms. The van der Waals surface area contributed by atoms with Crippen LogP contribution >= 0.6 is 0 Å². The lowest BCUT2D eigenvalue weighted by atomic mass is 10.0. The summed E-state index contributed by atoms with van der Waals surface area (Å²) in [5.41, 5.74) is 1.35. The SMILES string of the molecule is CC1CC1CN1CCNCC1c1cccnc1. The molecule has 0 aromatic carbocycles. The molecule has 1 saturated carbocycles. The van der Waals surface area contributed by atoms with Crippen LogP contribution in [-0.2, 0) is 0 Å². The molecule has 2 fully saturated rings. The summed E-state index contributed by atoms with van der Waals surface area (Å²) in [7, 11) is 0. The maximum Gasteiger partial charge on any atom is 0.0488 e. The highest BCUT2D eigenvalue weighted by Gasteiger charge is 2.36. The van der Waals surface area contributed by atoms with Gasteiger partial charge in [-0.3, -0.25) is 9.88 Å². The molecule has 3 nitrogen and oxygen atoms in total. The van der Waals surface area contributed by atoms with Crippen molar-refractivity contribution < 1.29 is 0 Å². The number of nitrogens with one attached hydrogen (secondary N) is 1. The summed E-state index contributed by atoms with van der Waals surface area (Å²) in [6, 6.07) is 4.76. The summed E-state index contributed by atoms with van der Waals surface area (Å²) in [4.78, 5) is 6.89. The first-order valence-electron chi connectivity index (χ1n) is 6.69. The number of rotatable bonds is 3. The molecule has 1 aromatic rings. The van der Waals surface area contributed by atoms with Crippen LogP contribution in [0.15, 0.2) is 24.5 Å². The molecule has 17 heavy (non-hydrogen) atoms. The van der Waals surface area contributed by atoms with Gasteiger partial charge in [-0.15, -0.1) is 0 Å². The van der Waals surface area contributed by atoms with E-state index in [1.165, 1.54) is 25.1 Å². The van der Waals surface area contributed by atoms with Crippen molar-refractivity contribution in [2.45, 2.75) is 19.4 Å². The fraction of sp³-hybridized carbons (Fsp3) is 0.643. The molecule has 1 saturated heterocycles. The van der Waals surface area contributed by atoms with Gasteiger partial charge in [-0.2, -0.15) is 0 Å². The number of aromatic nitrogens is 1. The Bertz CT molecular complexity index is 365. The molecule has 1 N–H and O–H groups in total. The molecule has 92 valence electrons. The zero-order chi connectivity index (χ0) is 11.7. The van der Waals surface area contributed by atoms with Gasteiger partial charge < -0.3 is 5.32 Å². The summed E-state index contributed by atoms with van der Waals surface area (Å²) in [5.74, 6) is 1.88. The van der Waals surface area contributed by atoms with Crippen LogP contribution in [0.1, 0.15) is 24.9 Å². The van der Waals surface area contributed by atoms with Crippen LogP contribution in [0.5, 0.6) is 0 Å². The molecule has 1 aromatic heterocycles. The monoisotopic (exact) mass is 231 g/mol. The molecule has 3 atom stereocenters. The van der Waals surface area contributed by atoms with Gasteiger partial charge in [-0.1, -0.05) is 13.0 Å². The Labute approximate surface area is 103 Å². The molecule has 1 aliphatic carbocycles. The molecule has 2 aliphatic rings. The lowest BCUT2D eigenvalue weighted by molar-refractivity contribution is 0.153. The van der Waals surface area contributed by atoms with E-state index in [-0.39, 0.29) is 0 Å². The Morgan fingerprint density at radius 3 is 3.12 bits per heavy atom. The van der Waals surface area contributed by atoms with Gasteiger partial charge in [0.2, 0.25) is 0 Å². The van der Waals surface area contributed by atoms with Gasteiger partial charge in [-0.25, -0.2) is 0 Å². The number of nitrogens with zero attached hydrogens (tertiary/aromatic N) is 2. The first-order chi connectivity index (χ1) is 8.34. The third-order valence-electron chi connectivity index (χ3n) is 4.17. The molecule has 0 radical (unpaired) electrons. The Kier molecular flexibility index (Phi) is 3.12. The first-order valence-corrected chi connectivity index (χ1v) is 6.69. The first kappa shape index (κ1) is 11.2. The van der Waals surface area contributed by atoms with Crippen molar-refractivity contribution in [3.63, 3.8) is 0 Å². The molecule has 0 spiro atoms. The van der Waals surface area contributed by atoms with E-state index in [4.69, 9.17) is 0 Å². The normalized spacial score (nSPS) is 33.6. The van der Waals surface area contributed by atoms with Crippen molar-refractivity contribution >= 4 is 0 Å². The Balaban J connectivity index is 1.71. The van der Waals surface area contributed by atoms with E-state index >= 15 is 0 Å². The number of hydrogen-bond donors (Lipinski definition) is 1. The second-order valence-corrected chi connectivity index (χ2v) is 5.47. The summed E-state index contributed by atoms with van der Waals surface area (Å²) >= 11 is 0. The van der Waals surface area contributed by atoms with Gasteiger partial charge in [0.1, 0.15) is 0 Å². The topological polar surface area (TPSA) is 28.2 Å². The summed E-state index contributed by atoms with van der Waals surface area (Å²) < 4.78 is 0. The van der Waals surface area contributed by atoms with E-state index in [0.29, 0.717) is 6.04 Å². The van der Waals surface area contributed by atoms with Crippen LogP contribution in [0, 0.1) is 11.8 Å². The fourth-order valence-electron chi connectivity index (χ4n) is 2.82. The third-order valence-corrected chi connectivity index (χ3v) is 4.17. The van der Waals surface area contributed by atoms with Crippen LogP contribution in [0.3, 0.4) is 0 Å². The maximum absolute atomic E-state index is 4.25. The molecular formula is C14H21N3. The van der Waals surface area contributed by atoms with E-state index in [2.05, 4.69) is 28.2 Å². The van der Waals surface area contributed by atoms with Gasteiger partial charge in [0.05, 0.1) is 0 Å². The average molecular weight is 231 g/mol. The smallest absolute Gasteiger partial charge is 0.0488 e. The minimum Gasteiger partial charge on any atom is -0.314 e. The van der Waals surface area contributed by atoms with Gasteiger partial charge in [0.25, 0.3) is 0 Å². The predicted molar refractivity (Wildman–Crippen MR) is 68.7 cm³/mol. The van der Waals surface area contributed by atoms with Crippen LogP contribution in [0.25, 0.3) is 0 Å². The van der Waals surface area contributed by atoms with Gasteiger partial charge in [-0.05, 0) is 29.9 Å². The molecule has 0 amide bonds. The van der Waals surface area contributed by atoms with Crippen LogP contribution in [0.2, 0.25) is 0 Å².